The molecule has 0 fully saturated rings. The summed E-state index contributed by atoms with van der Waals surface area (Å²) in [5.41, 5.74) is 5.21. The third kappa shape index (κ3) is 3.42. The highest BCUT2D eigenvalue weighted by molar-refractivity contribution is 7.09. The van der Waals surface area contributed by atoms with Gasteiger partial charge in [-0.05, 0) is 0 Å². The predicted molar refractivity (Wildman–Crippen MR) is 62.5 cm³/mol. The maximum absolute atomic E-state index is 11.1. The van der Waals surface area contributed by atoms with Crippen molar-refractivity contribution in [3.8, 4) is 0 Å². The zero-order chi connectivity index (χ0) is 12.1. The molecule has 0 spiro atoms. The SMILES string of the molecule is COCC(Nc1nc(C(C)C)ns1)C(N)=O. The third-order valence-corrected chi connectivity index (χ3v) is 2.59. The van der Waals surface area contributed by atoms with Gasteiger partial charge in [0, 0.05) is 24.6 Å². The molecule has 6 nitrogen and oxygen atoms in total. The molecule has 1 heterocycles. The number of carbonyl (C=O) groups is 1. The molecule has 0 aliphatic heterocycles. The Morgan fingerprint density at radius 1 is 1.62 bits per heavy atom. The first-order valence-corrected chi connectivity index (χ1v) is 5.70. The number of nitrogens with zero attached hydrogens (tertiary/aromatic N) is 2. The van der Waals surface area contributed by atoms with Gasteiger partial charge in [0.25, 0.3) is 0 Å². The van der Waals surface area contributed by atoms with Crippen molar-refractivity contribution in [1.29, 1.82) is 0 Å². The van der Waals surface area contributed by atoms with Crippen molar-refractivity contribution >= 4 is 22.6 Å². The summed E-state index contributed by atoms with van der Waals surface area (Å²) >= 11 is 1.21. The Bertz CT molecular complexity index is 353. The first-order valence-electron chi connectivity index (χ1n) is 4.93. The van der Waals surface area contributed by atoms with E-state index >= 15 is 0 Å². The molecule has 0 saturated carbocycles. The van der Waals surface area contributed by atoms with Gasteiger partial charge in [0.05, 0.1) is 6.61 Å². The van der Waals surface area contributed by atoms with E-state index in [-0.39, 0.29) is 12.5 Å². The van der Waals surface area contributed by atoms with Crippen LogP contribution >= 0.6 is 11.5 Å². The van der Waals surface area contributed by atoms with Crippen LogP contribution in [0.4, 0.5) is 5.13 Å². The fraction of sp³-hybridized carbons (Fsp3) is 0.667. The second-order valence-electron chi connectivity index (χ2n) is 3.67. The normalized spacial score (nSPS) is 12.8. The maximum atomic E-state index is 11.1. The molecule has 0 aliphatic carbocycles. The van der Waals surface area contributed by atoms with Crippen molar-refractivity contribution in [2.45, 2.75) is 25.8 Å². The molecule has 16 heavy (non-hydrogen) atoms. The number of aromatic nitrogens is 2. The van der Waals surface area contributed by atoms with Gasteiger partial charge >= 0.3 is 0 Å². The summed E-state index contributed by atoms with van der Waals surface area (Å²) in [4.78, 5) is 15.3. The van der Waals surface area contributed by atoms with E-state index in [2.05, 4.69) is 14.7 Å². The van der Waals surface area contributed by atoms with E-state index in [1.165, 1.54) is 18.6 Å². The van der Waals surface area contributed by atoms with Crippen molar-refractivity contribution in [3.63, 3.8) is 0 Å². The van der Waals surface area contributed by atoms with Crippen molar-refractivity contribution in [3.05, 3.63) is 5.82 Å². The van der Waals surface area contributed by atoms with Gasteiger partial charge in [-0.25, -0.2) is 4.98 Å². The highest BCUT2D eigenvalue weighted by Crippen LogP contribution is 2.17. The molecular weight excluding hydrogens is 228 g/mol. The van der Waals surface area contributed by atoms with Crippen LogP contribution < -0.4 is 11.1 Å². The second-order valence-corrected chi connectivity index (χ2v) is 4.42. The Hall–Kier alpha value is -1.21. The Labute approximate surface area is 98.4 Å². The average Bonchev–Trinajstić information content (AvgIpc) is 2.65. The fourth-order valence-electron chi connectivity index (χ4n) is 1.04. The monoisotopic (exact) mass is 244 g/mol. The molecule has 1 atom stereocenters. The minimum absolute atomic E-state index is 0.214. The van der Waals surface area contributed by atoms with Gasteiger partial charge in [-0.2, -0.15) is 4.37 Å². The number of primary amides is 1. The number of anilines is 1. The molecule has 0 saturated heterocycles. The van der Waals surface area contributed by atoms with Crippen LogP contribution in [0, 0.1) is 0 Å². The molecule has 0 bridgehead atoms. The lowest BCUT2D eigenvalue weighted by atomic mass is 10.2. The lowest BCUT2D eigenvalue weighted by Gasteiger charge is -2.12. The Morgan fingerprint density at radius 2 is 2.31 bits per heavy atom. The van der Waals surface area contributed by atoms with E-state index in [1.54, 1.807) is 0 Å². The molecule has 1 unspecified atom stereocenters. The van der Waals surface area contributed by atoms with Gasteiger partial charge in [0.15, 0.2) is 0 Å². The first-order chi connectivity index (χ1) is 7.54. The van der Waals surface area contributed by atoms with E-state index in [0.29, 0.717) is 5.13 Å². The van der Waals surface area contributed by atoms with Gasteiger partial charge in [-0.3, -0.25) is 4.79 Å². The van der Waals surface area contributed by atoms with Crippen molar-refractivity contribution in [1.82, 2.24) is 9.36 Å². The minimum atomic E-state index is -0.571. The number of hydrogen-bond acceptors (Lipinski definition) is 6. The summed E-state index contributed by atoms with van der Waals surface area (Å²) in [6.45, 7) is 4.23. The summed E-state index contributed by atoms with van der Waals surface area (Å²) in [6, 6.07) is -0.571. The standard InChI is InChI=1S/C9H16N4O2S/c1-5(2)8-12-9(16-13-8)11-6(4-15-3)7(10)14/h5-6H,4H2,1-3H3,(H2,10,14)(H,11,12,13). The highest BCUT2D eigenvalue weighted by Gasteiger charge is 2.17. The number of carbonyl (C=O) groups excluding carboxylic acids is 1. The zero-order valence-electron chi connectivity index (χ0n) is 9.56. The van der Waals surface area contributed by atoms with E-state index < -0.39 is 11.9 Å². The summed E-state index contributed by atoms with van der Waals surface area (Å²) in [7, 11) is 1.51. The number of rotatable bonds is 6. The topological polar surface area (TPSA) is 90.1 Å². The van der Waals surface area contributed by atoms with Crippen molar-refractivity contribution in [2.75, 3.05) is 19.0 Å². The number of nitrogens with two attached hydrogens (primary N) is 1. The molecule has 1 aromatic rings. The molecule has 0 radical (unpaired) electrons. The summed E-state index contributed by atoms with van der Waals surface area (Å²) < 4.78 is 9.05. The van der Waals surface area contributed by atoms with E-state index in [9.17, 15) is 4.79 Å². The maximum Gasteiger partial charge on any atom is 0.242 e. The molecule has 7 heteroatoms. The smallest absolute Gasteiger partial charge is 0.242 e. The minimum Gasteiger partial charge on any atom is -0.382 e. The van der Waals surface area contributed by atoms with Crippen LogP contribution in [0.5, 0.6) is 0 Å². The molecule has 0 aromatic carbocycles. The van der Waals surface area contributed by atoms with Gasteiger partial charge in [0.2, 0.25) is 11.0 Å². The number of methoxy groups -OCH3 is 1. The van der Waals surface area contributed by atoms with Gasteiger partial charge in [0.1, 0.15) is 11.9 Å². The second kappa shape index (κ2) is 5.76. The van der Waals surface area contributed by atoms with E-state index in [0.717, 1.165) is 5.82 Å². The summed E-state index contributed by atoms with van der Waals surface area (Å²) in [5, 5.41) is 3.49. The lowest BCUT2D eigenvalue weighted by molar-refractivity contribution is -0.119. The van der Waals surface area contributed by atoms with Gasteiger partial charge in [-0.1, -0.05) is 13.8 Å². The van der Waals surface area contributed by atoms with E-state index in [4.69, 9.17) is 10.5 Å². The van der Waals surface area contributed by atoms with Crippen LogP contribution in [0.2, 0.25) is 0 Å². The number of ether oxygens (including phenoxy) is 1. The molecule has 0 aliphatic rings. The zero-order valence-corrected chi connectivity index (χ0v) is 10.4. The summed E-state index contributed by atoms with van der Waals surface area (Å²) in [5.74, 6) is 0.553. The number of hydrogen-bond donors (Lipinski definition) is 2. The molecule has 1 aromatic heterocycles. The van der Waals surface area contributed by atoms with Crippen LogP contribution in [-0.4, -0.2) is 35.0 Å². The van der Waals surface area contributed by atoms with Crippen LogP contribution in [0.1, 0.15) is 25.6 Å². The molecule has 90 valence electrons. The fourth-order valence-corrected chi connectivity index (χ4v) is 1.80. The first kappa shape index (κ1) is 12.9. The Balaban J connectivity index is 2.66. The molecule has 3 N–H and O–H groups in total. The van der Waals surface area contributed by atoms with Gasteiger partial charge < -0.3 is 15.8 Å². The highest BCUT2D eigenvalue weighted by atomic mass is 32.1. The Kier molecular flexibility index (Phi) is 4.63. The number of amides is 1. The quantitative estimate of drug-likeness (QED) is 0.763. The molecule has 1 rings (SSSR count). The number of nitrogens with one attached hydrogen (secondary N) is 1. The Morgan fingerprint density at radius 3 is 2.75 bits per heavy atom. The van der Waals surface area contributed by atoms with Crippen LogP contribution in [0.25, 0.3) is 0 Å². The molecular formula is C9H16N4O2S. The summed E-state index contributed by atoms with van der Waals surface area (Å²) in [6.07, 6.45) is 0. The predicted octanol–water partition coefficient (Wildman–Crippen LogP) is 0.574. The van der Waals surface area contributed by atoms with Crippen LogP contribution in [0.15, 0.2) is 0 Å². The van der Waals surface area contributed by atoms with Gasteiger partial charge in [-0.15, -0.1) is 0 Å². The van der Waals surface area contributed by atoms with Crippen molar-refractivity contribution < 1.29 is 9.53 Å². The largest absolute Gasteiger partial charge is 0.382 e. The van der Waals surface area contributed by atoms with Crippen LogP contribution in [-0.2, 0) is 9.53 Å². The van der Waals surface area contributed by atoms with Crippen molar-refractivity contribution in [2.24, 2.45) is 5.73 Å². The lowest BCUT2D eigenvalue weighted by Crippen LogP contribution is -2.38. The molecule has 1 amide bonds. The third-order valence-electron chi connectivity index (χ3n) is 1.93. The average molecular weight is 244 g/mol. The van der Waals surface area contributed by atoms with Crippen LogP contribution in [0.3, 0.4) is 0 Å². The van der Waals surface area contributed by atoms with E-state index in [1.807, 2.05) is 13.8 Å².